The normalized spacial score (nSPS) is 29.6. The first-order valence-corrected chi connectivity index (χ1v) is 30.7. The van der Waals surface area contributed by atoms with Gasteiger partial charge in [-0.15, -0.1) is 0 Å². The lowest BCUT2D eigenvalue weighted by Crippen LogP contribution is -2.51. The summed E-state index contributed by atoms with van der Waals surface area (Å²) in [6.07, 6.45) is 45.9. The van der Waals surface area contributed by atoms with Crippen molar-refractivity contribution in [1.29, 1.82) is 0 Å². The molecule has 0 aromatic carbocycles. The van der Waals surface area contributed by atoms with Gasteiger partial charge in [0.1, 0.15) is 6.29 Å². The van der Waals surface area contributed by atoms with E-state index in [2.05, 4.69) is 95.7 Å². The fourth-order valence-electron chi connectivity index (χ4n) is 13.4. The Bertz CT molecular complexity index is 1220. The summed E-state index contributed by atoms with van der Waals surface area (Å²) >= 11 is 3.58. The molecular weight excluding hydrogens is 817 g/mol. The fraction of sp³-hybridized carbons (Fsp3) is 0.927. The number of unbranched alkanes of at least 4 members (excludes halogenated alkanes) is 14. The van der Waals surface area contributed by atoms with Crippen LogP contribution in [0.25, 0.3) is 0 Å². The lowest BCUT2D eigenvalue weighted by atomic mass is 9.47. The molecule has 3 fully saturated rings. The van der Waals surface area contributed by atoms with E-state index < -0.39 is 8.56 Å². The van der Waals surface area contributed by atoms with Gasteiger partial charge in [0, 0.05) is 11.9 Å². The molecular formula is C55H101BrO3Si. The molecule has 3 nitrogen and oxygen atoms in total. The van der Waals surface area contributed by atoms with Crippen LogP contribution in [0.15, 0.2) is 23.8 Å². The number of halogens is 1. The van der Waals surface area contributed by atoms with Crippen molar-refractivity contribution in [2.75, 3.05) is 11.9 Å². The predicted molar refractivity (Wildman–Crippen MR) is 267 cm³/mol. The van der Waals surface area contributed by atoms with E-state index in [0.29, 0.717) is 10.8 Å². The molecule has 60 heavy (non-hydrogen) atoms. The van der Waals surface area contributed by atoms with Crippen molar-refractivity contribution in [2.24, 2.45) is 52.3 Å². The molecule has 5 heteroatoms. The summed E-state index contributed by atoms with van der Waals surface area (Å²) in [5.41, 5.74) is 2.63. The van der Waals surface area contributed by atoms with Crippen LogP contribution in [0.5, 0.6) is 0 Å². The summed E-state index contributed by atoms with van der Waals surface area (Å²) < 4.78 is 20.6. The van der Waals surface area contributed by atoms with Crippen LogP contribution in [0.2, 0.25) is 13.1 Å². The zero-order chi connectivity index (χ0) is 43.4. The Hall–Kier alpha value is 0.0569. The van der Waals surface area contributed by atoms with Crippen LogP contribution in [0.3, 0.4) is 0 Å². The number of alkyl halides is 1. The van der Waals surface area contributed by atoms with Gasteiger partial charge in [-0.25, -0.2) is 0 Å². The molecule has 0 heterocycles. The van der Waals surface area contributed by atoms with E-state index in [-0.39, 0.29) is 12.4 Å². The summed E-state index contributed by atoms with van der Waals surface area (Å²) in [6.45, 7) is 23.0. The summed E-state index contributed by atoms with van der Waals surface area (Å²) in [7, 11) is -2.31. The van der Waals surface area contributed by atoms with Gasteiger partial charge in [0.05, 0.1) is 6.10 Å². The summed E-state index contributed by atoms with van der Waals surface area (Å²) in [5, 5.41) is 1.10. The Labute approximate surface area is 384 Å². The predicted octanol–water partition coefficient (Wildman–Crippen LogP) is 18.1. The van der Waals surface area contributed by atoms with E-state index >= 15 is 0 Å². The van der Waals surface area contributed by atoms with E-state index in [4.69, 9.17) is 13.6 Å². The fourth-order valence-corrected chi connectivity index (χ4v) is 15.3. The molecule has 0 saturated heterocycles. The second-order valence-corrected chi connectivity index (χ2v) is 26.3. The third-order valence-electron chi connectivity index (χ3n) is 17.2. The van der Waals surface area contributed by atoms with Crippen molar-refractivity contribution in [3.8, 4) is 0 Å². The standard InChI is InChI=1S/C55H101BrO3Si/c1-10-12-13-14-15-16-17-18-19-20-21-22-23-24-27-30-53(59-60(8,9)57-42-29-26-25-28-41-56)58-48-37-39-54(6)47(43-48)33-34-49-51-36-35-50(55(51,7)40-38-52(49)54)45(5)31-32-46(11-2)44(3)4/h18-19,33,44-46,48-53H,10-17,20-32,34-43H2,1-9H3/b19-18-. The smallest absolute Gasteiger partial charge is 0.333 e. The molecule has 0 aliphatic heterocycles. The van der Waals surface area contributed by atoms with Crippen molar-refractivity contribution in [1.82, 2.24) is 0 Å². The van der Waals surface area contributed by atoms with Crippen LogP contribution < -0.4 is 0 Å². The zero-order valence-electron chi connectivity index (χ0n) is 41.5. The second-order valence-electron chi connectivity index (χ2n) is 22.2. The summed E-state index contributed by atoms with van der Waals surface area (Å²) in [5.74, 6) is 6.16. The van der Waals surface area contributed by atoms with E-state index in [0.717, 1.165) is 72.6 Å². The van der Waals surface area contributed by atoms with E-state index in [1.165, 1.54) is 167 Å². The maximum absolute atomic E-state index is 7.10. The van der Waals surface area contributed by atoms with Gasteiger partial charge < -0.3 is 13.6 Å². The number of allylic oxidation sites excluding steroid dienone is 3. The highest BCUT2D eigenvalue weighted by Crippen LogP contribution is 2.67. The highest BCUT2D eigenvalue weighted by molar-refractivity contribution is 9.09. The van der Waals surface area contributed by atoms with Gasteiger partial charge in [0.25, 0.3) is 0 Å². The molecule has 0 bridgehead atoms. The van der Waals surface area contributed by atoms with E-state index in [9.17, 15) is 0 Å². The number of hydrogen-bond acceptors (Lipinski definition) is 3. The maximum Gasteiger partial charge on any atom is 0.333 e. The van der Waals surface area contributed by atoms with Gasteiger partial charge in [-0.2, -0.15) is 0 Å². The highest BCUT2D eigenvalue weighted by atomic mass is 79.9. The van der Waals surface area contributed by atoms with Crippen molar-refractivity contribution >= 4 is 24.5 Å². The van der Waals surface area contributed by atoms with Gasteiger partial charge >= 0.3 is 8.56 Å². The van der Waals surface area contributed by atoms with E-state index in [1.807, 2.05) is 0 Å². The lowest BCUT2D eigenvalue weighted by molar-refractivity contribution is -0.150. The Morgan fingerprint density at radius 2 is 1.42 bits per heavy atom. The van der Waals surface area contributed by atoms with Crippen molar-refractivity contribution < 1.29 is 13.6 Å². The average molecular weight is 918 g/mol. The third-order valence-corrected chi connectivity index (χ3v) is 19.5. The Morgan fingerprint density at radius 3 is 2.10 bits per heavy atom. The molecule has 0 spiro atoms. The third kappa shape index (κ3) is 16.2. The molecule has 4 aliphatic carbocycles. The van der Waals surface area contributed by atoms with Crippen LogP contribution >= 0.6 is 15.9 Å². The Morgan fingerprint density at radius 1 is 0.750 bits per heavy atom. The molecule has 4 rings (SSSR count). The molecule has 0 aromatic rings. The van der Waals surface area contributed by atoms with Gasteiger partial charge in [-0.1, -0.05) is 165 Å². The van der Waals surface area contributed by atoms with Gasteiger partial charge in [0.2, 0.25) is 0 Å². The van der Waals surface area contributed by atoms with E-state index in [1.54, 1.807) is 5.57 Å². The largest absolute Gasteiger partial charge is 0.394 e. The molecule has 0 amide bonds. The van der Waals surface area contributed by atoms with Crippen molar-refractivity contribution in [3.05, 3.63) is 23.8 Å². The zero-order valence-corrected chi connectivity index (χ0v) is 44.0. The second kappa shape index (κ2) is 27.5. The lowest BCUT2D eigenvalue weighted by Gasteiger charge is -2.58. The minimum atomic E-state index is -2.31. The Kier molecular flexibility index (Phi) is 24.2. The molecule has 4 aliphatic rings. The minimum Gasteiger partial charge on any atom is -0.394 e. The monoisotopic (exact) mass is 917 g/mol. The molecule has 0 radical (unpaired) electrons. The van der Waals surface area contributed by atoms with Crippen LogP contribution in [0.1, 0.15) is 235 Å². The number of ether oxygens (including phenoxy) is 1. The molecule has 10 unspecified atom stereocenters. The quantitative estimate of drug-likeness (QED) is 0.0221. The SMILES string of the molecule is CCCCCCCC/C=C\CCCCCCCC(OC1CCC2(C)C(=CCC3C2CCC2(C)C(C(C)CCC(CC)C(C)C)CCC32)C1)O[Si](C)(C)OCCCCCCBr. The van der Waals surface area contributed by atoms with Crippen molar-refractivity contribution in [3.63, 3.8) is 0 Å². The summed E-state index contributed by atoms with van der Waals surface area (Å²) in [6, 6.07) is 0. The van der Waals surface area contributed by atoms with Crippen LogP contribution in [-0.4, -0.2) is 32.9 Å². The average Bonchev–Trinajstić information content (AvgIpc) is 3.58. The number of rotatable bonds is 32. The Balaban J connectivity index is 1.28. The first-order chi connectivity index (χ1) is 28.9. The molecule has 0 N–H and O–H groups in total. The number of hydrogen-bond donors (Lipinski definition) is 0. The molecule has 350 valence electrons. The first kappa shape index (κ1) is 52.7. The van der Waals surface area contributed by atoms with Gasteiger partial charge in [-0.05, 0) is 175 Å². The molecule has 10 atom stereocenters. The van der Waals surface area contributed by atoms with Crippen LogP contribution in [0.4, 0.5) is 0 Å². The minimum absolute atomic E-state index is 0.141. The molecule has 3 saturated carbocycles. The van der Waals surface area contributed by atoms with Crippen LogP contribution in [0, 0.1) is 52.3 Å². The summed E-state index contributed by atoms with van der Waals surface area (Å²) in [4.78, 5) is 0. The molecule has 0 aromatic heterocycles. The first-order valence-electron chi connectivity index (χ1n) is 26.8. The topological polar surface area (TPSA) is 27.7 Å². The van der Waals surface area contributed by atoms with Crippen LogP contribution in [-0.2, 0) is 13.6 Å². The highest BCUT2D eigenvalue weighted by Gasteiger charge is 2.59. The maximum atomic E-state index is 7.10. The van der Waals surface area contributed by atoms with Gasteiger partial charge in [-0.3, -0.25) is 0 Å². The number of fused-ring (bicyclic) bond motifs is 5. The van der Waals surface area contributed by atoms with Crippen molar-refractivity contribution in [2.45, 2.75) is 260 Å². The van der Waals surface area contributed by atoms with Gasteiger partial charge in [0.15, 0.2) is 0 Å².